The second kappa shape index (κ2) is 7.15. The van der Waals surface area contributed by atoms with Crippen molar-refractivity contribution in [2.45, 2.75) is 19.5 Å². The van der Waals surface area contributed by atoms with Crippen LogP contribution in [-0.4, -0.2) is 36.4 Å². The number of anilines is 1. The summed E-state index contributed by atoms with van der Waals surface area (Å²) in [5.41, 5.74) is 4.25. The first-order valence-electron chi connectivity index (χ1n) is 7.99. The fourth-order valence-electron chi connectivity index (χ4n) is 3.08. The molecule has 0 spiro atoms. The Kier molecular flexibility index (Phi) is 4.97. The van der Waals surface area contributed by atoms with Gasteiger partial charge in [-0.1, -0.05) is 12.7 Å². The van der Waals surface area contributed by atoms with E-state index < -0.39 is 0 Å². The molecule has 24 heavy (non-hydrogen) atoms. The Labute approximate surface area is 146 Å². The van der Waals surface area contributed by atoms with E-state index in [1.54, 1.807) is 18.4 Å². The molecule has 5 nitrogen and oxygen atoms in total. The molecule has 126 valence electrons. The molecule has 3 heterocycles. The molecular formula is C18H22N4OS. The minimum Gasteiger partial charge on any atom is -0.373 e. The third-order valence-corrected chi connectivity index (χ3v) is 5.35. The number of thiophene rings is 1. The molecule has 1 amide bonds. The van der Waals surface area contributed by atoms with Crippen LogP contribution in [0.15, 0.2) is 24.2 Å². The van der Waals surface area contributed by atoms with Gasteiger partial charge in [0.05, 0.1) is 5.56 Å². The number of carbonyl (C=O) groups is 1. The van der Waals surface area contributed by atoms with Gasteiger partial charge in [-0.25, -0.2) is 4.98 Å². The molecule has 0 unspecified atom stereocenters. The van der Waals surface area contributed by atoms with E-state index in [0.717, 1.165) is 43.0 Å². The zero-order chi connectivity index (χ0) is 17.1. The molecule has 2 aromatic rings. The highest BCUT2D eigenvalue weighted by Crippen LogP contribution is 2.29. The summed E-state index contributed by atoms with van der Waals surface area (Å²) >= 11 is 1.68. The van der Waals surface area contributed by atoms with E-state index >= 15 is 0 Å². The van der Waals surface area contributed by atoms with Crippen LogP contribution in [0.1, 0.15) is 31.9 Å². The molecule has 1 aliphatic rings. The molecule has 2 N–H and O–H groups in total. The van der Waals surface area contributed by atoms with E-state index in [1.165, 1.54) is 16.0 Å². The van der Waals surface area contributed by atoms with Gasteiger partial charge in [0.2, 0.25) is 0 Å². The molecule has 2 aromatic heterocycles. The van der Waals surface area contributed by atoms with Crippen LogP contribution >= 0.6 is 11.3 Å². The van der Waals surface area contributed by atoms with Crippen LogP contribution in [0.2, 0.25) is 0 Å². The van der Waals surface area contributed by atoms with Crippen molar-refractivity contribution in [2.75, 3.05) is 26.0 Å². The lowest BCUT2D eigenvalue weighted by molar-refractivity contribution is 0.0962. The molecule has 0 saturated heterocycles. The summed E-state index contributed by atoms with van der Waals surface area (Å²) < 4.78 is 0. The first kappa shape index (κ1) is 16.7. The van der Waals surface area contributed by atoms with Gasteiger partial charge in [0, 0.05) is 55.7 Å². The highest BCUT2D eigenvalue weighted by atomic mass is 32.1. The van der Waals surface area contributed by atoms with Crippen molar-refractivity contribution in [3.05, 3.63) is 51.4 Å². The molecule has 0 radical (unpaired) electrons. The van der Waals surface area contributed by atoms with Crippen LogP contribution in [0.4, 0.5) is 5.82 Å². The second-order valence-corrected chi connectivity index (χ2v) is 6.79. The zero-order valence-corrected chi connectivity index (χ0v) is 14.9. The Bertz CT molecular complexity index is 768. The van der Waals surface area contributed by atoms with Gasteiger partial charge in [-0.2, -0.15) is 0 Å². The number of aromatic nitrogens is 1. The van der Waals surface area contributed by atoms with Gasteiger partial charge in [0.1, 0.15) is 5.82 Å². The van der Waals surface area contributed by atoms with Crippen molar-refractivity contribution in [3.63, 3.8) is 0 Å². The first-order chi connectivity index (χ1) is 11.7. The number of hydrogen-bond acceptors (Lipinski definition) is 5. The number of pyridine rings is 1. The summed E-state index contributed by atoms with van der Waals surface area (Å²) in [5.74, 6) is 0.867. The lowest BCUT2D eigenvalue weighted by Crippen LogP contribution is -2.30. The maximum Gasteiger partial charge on any atom is 0.252 e. The summed E-state index contributed by atoms with van der Waals surface area (Å²) in [6.07, 6.45) is 4.65. The Morgan fingerprint density at radius 2 is 2.33 bits per heavy atom. The molecule has 1 aliphatic heterocycles. The molecule has 3 rings (SSSR count). The van der Waals surface area contributed by atoms with Crippen LogP contribution in [0.25, 0.3) is 6.08 Å². The quantitative estimate of drug-likeness (QED) is 0.877. The predicted molar refractivity (Wildman–Crippen MR) is 99.4 cm³/mol. The molecule has 0 saturated carbocycles. The maximum atomic E-state index is 11.9. The number of nitrogens with zero attached hydrogens (tertiary/aromatic N) is 2. The second-order valence-electron chi connectivity index (χ2n) is 5.83. The normalized spacial score (nSPS) is 14.1. The van der Waals surface area contributed by atoms with E-state index in [4.69, 9.17) is 0 Å². The molecule has 0 aliphatic carbocycles. The lowest BCUT2D eigenvalue weighted by Gasteiger charge is -2.27. The number of rotatable bonds is 5. The first-order valence-corrected chi connectivity index (χ1v) is 8.87. The third-order valence-electron chi connectivity index (χ3n) is 4.33. The van der Waals surface area contributed by atoms with Gasteiger partial charge in [-0.3, -0.25) is 9.69 Å². The van der Waals surface area contributed by atoms with Gasteiger partial charge in [0.25, 0.3) is 5.91 Å². The van der Waals surface area contributed by atoms with Crippen molar-refractivity contribution >= 4 is 29.1 Å². The topological polar surface area (TPSA) is 57.3 Å². The molecule has 0 atom stereocenters. The Balaban J connectivity index is 1.74. The summed E-state index contributed by atoms with van der Waals surface area (Å²) in [7, 11) is 3.54. The molecule has 0 fully saturated rings. The largest absolute Gasteiger partial charge is 0.373 e. The van der Waals surface area contributed by atoms with Gasteiger partial charge in [0.15, 0.2) is 0 Å². The van der Waals surface area contributed by atoms with Crippen LogP contribution < -0.4 is 10.6 Å². The van der Waals surface area contributed by atoms with E-state index in [0.29, 0.717) is 0 Å². The van der Waals surface area contributed by atoms with E-state index in [2.05, 4.69) is 33.2 Å². The van der Waals surface area contributed by atoms with Crippen LogP contribution in [0.5, 0.6) is 0 Å². The van der Waals surface area contributed by atoms with Crippen molar-refractivity contribution in [1.82, 2.24) is 15.2 Å². The Morgan fingerprint density at radius 3 is 3.04 bits per heavy atom. The number of fused-ring (bicyclic) bond motifs is 1. The molecule has 6 heteroatoms. The molecule has 0 aromatic carbocycles. The van der Waals surface area contributed by atoms with Crippen LogP contribution in [0, 0.1) is 0 Å². The smallest absolute Gasteiger partial charge is 0.252 e. The summed E-state index contributed by atoms with van der Waals surface area (Å²) in [5, 5.41) is 7.78. The van der Waals surface area contributed by atoms with Crippen molar-refractivity contribution in [2.24, 2.45) is 0 Å². The summed E-state index contributed by atoms with van der Waals surface area (Å²) in [6.45, 7) is 6.54. The zero-order valence-electron chi connectivity index (χ0n) is 14.1. The third kappa shape index (κ3) is 3.20. The average molecular weight is 342 g/mol. The molecule has 0 bridgehead atoms. The van der Waals surface area contributed by atoms with Crippen molar-refractivity contribution in [3.8, 4) is 0 Å². The van der Waals surface area contributed by atoms with Crippen molar-refractivity contribution < 1.29 is 4.79 Å². The van der Waals surface area contributed by atoms with E-state index in [9.17, 15) is 4.79 Å². The lowest BCUT2D eigenvalue weighted by atomic mass is 10.0. The van der Waals surface area contributed by atoms with Gasteiger partial charge >= 0.3 is 0 Å². The highest BCUT2D eigenvalue weighted by molar-refractivity contribution is 7.10. The molecular weight excluding hydrogens is 320 g/mol. The highest BCUT2D eigenvalue weighted by Gasteiger charge is 2.23. The van der Waals surface area contributed by atoms with Crippen LogP contribution in [-0.2, 0) is 19.5 Å². The Morgan fingerprint density at radius 1 is 1.50 bits per heavy atom. The van der Waals surface area contributed by atoms with Crippen LogP contribution in [0.3, 0.4) is 0 Å². The van der Waals surface area contributed by atoms with Gasteiger partial charge < -0.3 is 10.6 Å². The number of carbonyl (C=O) groups excluding carboxylic acids is 1. The minimum atomic E-state index is 0.0171. The maximum absolute atomic E-state index is 11.9. The number of nitrogens with one attached hydrogen (secondary N) is 2. The van der Waals surface area contributed by atoms with Gasteiger partial charge in [-0.05, 0) is 23.6 Å². The fraction of sp³-hybridized carbons (Fsp3) is 0.333. The summed E-state index contributed by atoms with van der Waals surface area (Å²) in [6, 6.07) is 2.13. The SMILES string of the molecule is C=Cc1cc(CN2CCc3c(C(=O)NC)csc3C2)cnc1NC. The fourth-order valence-corrected chi connectivity index (χ4v) is 4.20. The standard InChI is InChI=1S/C18H22N4OS/c1-4-13-7-12(8-21-17(13)19-2)9-22-6-5-14-15(18(23)20-3)11-24-16(14)10-22/h4,7-8,11H,1,5-6,9-10H2,2-3H3,(H,19,21)(H,20,23). The van der Waals surface area contributed by atoms with Gasteiger partial charge in [-0.15, -0.1) is 11.3 Å². The summed E-state index contributed by atoms with van der Waals surface area (Å²) in [4.78, 5) is 20.1. The average Bonchev–Trinajstić information content (AvgIpc) is 3.04. The van der Waals surface area contributed by atoms with E-state index in [-0.39, 0.29) is 5.91 Å². The predicted octanol–water partition coefficient (Wildman–Crippen LogP) is 2.75. The monoisotopic (exact) mass is 342 g/mol. The van der Waals surface area contributed by atoms with E-state index in [1.807, 2.05) is 24.7 Å². The Hall–Kier alpha value is -2.18. The number of amides is 1. The minimum absolute atomic E-state index is 0.0171. The number of hydrogen-bond donors (Lipinski definition) is 2. The van der Waals surface area contributed by atoms with Crippen molar-refractivity contribution in [1.29, 1.82) is 0 Å².